The van der Waals surface area contributed by atoms with Crippen molar-refractivity contribution >= 4 is 22.4 Å². The molecule has 1 atom stereocenters. The molecule has 1 saturated heterocycles. The first-order valence-corrected chi connectivity index (χ1v) is 10.6. The highest BCUT2D eigenvalue weighted by Crippen LogP contribution is 2.40. The molecule has 4 rings (SSSR count). The number of aliphatic hydroxyl groups is 2. The summed E-state index contributed by atoms with van der Waals surface area (Å²) < 4.78 is 84.0. The van der Waals surface area contributed by atoms with E-state index >= 15 is 0 Å². The number of nitrogens with one attached hydrogen (secondary N) is 1. The Morgan fingerprint density at radius 1 is 1.17 bits per heavy atom. The number of benzene rings is 1. The Hall–Kier alpha value is -3.19. The van der Waals surface area contributed by atoms with Gasteiger partial charge in [-0.1, -0.05) is 12.1 Å². The van der Waals surface area contributed by atoms with E-state index in [0.29, 0.717) is 0 Å². The second-order valence-corrected chi connectivity index (χ2v) is 8.38. The standard InChI is InChI=1S/C22H21F6N5O2/c1-10(13-4-3-5-15(17(13)23)21(24,25)9-34)29-20-14-6-16(33-7-12(35)8-33)19(22(26,27)28)30-18(14)11(2)31-32-20/h3-6,10,12,34-35H,7-9H2,1-2H3,(H,29,32)/t10-/m1/s1. The monoisotopic (exact) mass is 501 g/mol. The second kappa shape index (κ2) is 8.79. The van der Waals surface area contributed by atoms with Gasteiger partial charge in [0.2, 0.25) is 0 Å². The van der Waals surface area contributed by atoms with Crippen LogP contribution in [0, 0.1) is 12.7 Å². The first kappa shape index (κ1) is 24.9. The zero-order valence-corrected chi connectivity index (χ0v) is 18.5. The number of aliphatic hydroxyl groups excluding tert-OH is 2. The topological polar surface area (TPSA) is 94.4 Å². The minimum Gasteiger partial charge on any atom is -0.390 e. The van der Waals surface area contributed by atoms with Crippen LogP contribution in [-0.4, -0.2) is 51.2 Å². The maximum atomic E-state index is 14.9. The van der Waals surface area contributed by atoms with Crippen molar-refractivity contribution in [2.45, 2.75) is 38.1 Å². The highest BCUT2D eigenvalue weighted by Gasteiger charge is 2.40. The third kappa shape index (κ3) is 4.57. The first-order chi connectivity index (χ1) is 16.3. The summed E-state index contributed by atoms with van der Waals surface area (Å²) in [5, 5.41) is 29.3. The molecule has 3 N–H and O–H groups in total. The van der Waals surface area contributed by atoms with E-state index in [9.17, 15) is 31.4 Å². The molecule has 1 fully saturated rings. The fourth-order valence-electron chi connectivity index (χ4n) is 3.93. The zero-order chi connectivity index (χ0) is 25.7. The largest absolute Gasteiger partial charge is 0.435 e. The summed E-state index contributed by atoms with van der Waals surface area (Å²) in [5.74, 6) is -5.06. The summed E-state index contributed by atoms with van der Waals surface area (Å²) in [7, 11) is 0. The number of alkyl halides is 5. The Bertz CT molecular complexity index is 1260. The highest BCUT2D eigenvalue weighted by molar-refractivity contribution is 5.93. The predicted octanol–water partition coefficient (Wildman–Crippen LogP) is 3.93. The van der Waals surface area contributed by atoms with Gasteiger partial charge >= 0.3 is 6.18 Å². The number of halogens is 6. The van der Waals surface area contributed by atoms with Crippen molar-refractivity contribution in [3.05, 3.63) is 52.6 Å². The summed E-state index contributed by atoms with van der Waals surface area (Å²) in [5.41, 5.74) is -2.52. The molecule has 0 amide bonds. The number of hydrogen-bond donors (Lipinski definition) is 3. The second-order valence-electron chi connectivity index (χ2n) is 8.38. The predicted molar refractivity (Wildman–Crippen MR) is 115 cm³/mol. The average molecular weight is 501 g/mol. The van der Waals surface area contributed by atoms with Crippen LogP contribution in [0.5, 0.6) is 0 Å². The molecule has 13 heteroatoms. The van der Waals surface area contributed by atoms with Crippen LogP contribution in [0.1, 0.15) is 35.5 Å². The molecular weight excluding hydrogens is 480 g/mol. The van der Waals surface area contributed by atoms with E-state index in [1.54, 1.807) is 0 Å². The van der Waals surface area contributed by atoms with Gasteiger partial charge in [-0.15, -0.1) is 5.10 Å². The maximum absolute atomic E-state index is 14.9. The fourth-order valence-corrected chi connectivity index (χ4v) is 3.93. The lowest BCUT2D eigenvalue weighted by Crippen LogP contribution is -2.51. The lowest BCUT2D eigenvalue weighted by molar-refractivity contribution is -0.140. The molecule has 0 spiro atoms. The molecule has 3 heterocycles. The van der Waals surface area contributed by atoms with Gasteiger partial charge in [-0.2, -0.15) is 27.1 Å². The number of anilines is 2. The normalized spacial score (nSPS) is 15.9. The summed E-state index contributed by atoms with van der Waals surface area (Å²) in [6, 6.07) is 3.60. The maximum Gasteiger partial charge on any atom is 0.435 e. The van der Waals surface area contributed by atoms with Crippen LogP contribution in [0.25, 0.3) is 10.9 Å². The van der Waals surface area contributed by atoms with Crippen LogP contribution in [0.3, 0.4) is 0 Å². The van der Waals surface area contributed by atoms with Crippen molar-refractivity contribution in [2.75, 3.05) is 29.9 Å². The van der Waals surface area contributed by atoms with Crippen LogP contribution in [0.15, 0.2) is 24.3 Å². The SMILES string of the molecule is Cc1nnc(N[C@H](C)c2cccc(C(F)(F)CO)c2F)c2cc(N3CC(O)C3)c(C(F)(F)F)nc12. The number of β-amino-alcohol motifs (C(OH)–C–C–N with tert-alkyl or cyclic N) is 1. The Morgan fingerprint density at radius 2 is 1.86 bits per heavy atom. The van der Waals surface area contributed by atoms with E-state index in [2.05, 4.69) is 20.5 Å². The molecule has 0 saturated carbocycles. The highest BCUT2D eigenvalue weighted by atomic mass is 19.4. The van der Waals surface area contributed by atoms with Crippen LogP contribution in [0.4, 0.5) is 37.8 Å². The van der Waals surface area contributed by atoms with E-state index in [0.717, 1.165) is 6.07 Å². The summed E-state index contributed by atoms with van der Waals surface area (Å²) in [6.45, 7) is 1.29. The van der Waals surface area contributed by atoms with Gasteiger partial charge in [0.25, 0.3) is 5.92 Å². The van der Waals surface area contributed by atoms with Crippen LogP contribution in [0.2, 0.25) is 0 Å². The Morgan fingerprint density at radius 3 is 2.46 bits per heavy atom. The number of nitrogens with zero attached hydrogens (tertiary/aromatic N) is 4. The molecule has 0 radical (unpaired) electrons. The Kier molecular flexibility index (Phi) is 6.26. The third-order valence-electron chi connectivity index (χ3n) is 5.81. The molecule has 2 aromatic heterocycles. The lowest BCUT2D eigenvalue weighted by atomic mass is 10.00. The number of pyridine rings is 1. The molecule has 35 heavy (non-hydrogen) atoms. The average Bonchev–Trinajstić information content (AvgIpc) is 2.77. The molecule has 7 nitrogen and oxygen atoms in total. The van der Waals surface area contributed by atoms with Crippen molar-refractivity contribution in [2.24, 2.45) is 0 Å². The number of fused-ring (bicyclic) bond motifs is 1. The molecule has 0 unspecified atom stereocenters. The van der Waals surface area contributed by atoms with Gasteiger partial charge in [0.15, 0.2) is 11.5 Å². The van der Waals surface area contributed by atoms with Crippen LogP contribution >= 0.6 is 0 Å². The molecule has 188 valence electrons. The number of rotatable bonds is 6. The smallest absolute Gasteiger partial charge is 0.390 e. The Labute approximate surface area is 195 Å². The minimum atomic E-state index is -4.78. The van der Waals surface area contributed by atoms with Crippen molar-refractivity contribution in [1.29, 1.82) is 0 Å². The van der Waals surface area contributed by atoms with Gasteiger partial charge in [-0.3, -0.25) is 0 Å². The zero-order valence-electron chi connectivity index (χ0n) is 18.5. The molecule has 1 aliphatic rings. The van der Waals surface area contributed by atoms with E-state index in [-0.39, 0.29) is 46.8 Å². The van der Waals surface area contributed by atoms with Crippen molar-refractivity contribution in [3.8, 4) is 0 Å². The summed E-state index contributed by atoms with van der Waals surface area (Å²) in [6.07, 6.45) is -5.55. The Balaban J connectivity index is 1.79. The number of aryl methyl sites for hydroxylation is 1. The fraction of sp³-hybridized carbons (Fsp3) is 0.409. The molecule has 1 aromatic carbocycles. The van der Waals surface area contributed by atoms with Crippen molar-refractivity contribution in [3.63, 3.8) is 0 Å². The number of hydrogen-bond acceptors (Lipinski definition) is 7. The molecule has 0 aliphatic carbocycles. The van der Waals surface area contributed by atoms with Gasteiger partial charge in [0, 0.05) is 24.0 Å². The van der Waals surface area contributed by atoms with E-state index in [1.165, 1.54) is 36.9 Å². The van der Waals surface area contributed by atoms with Gasteiger partial charge < -0.3 is 20.4 Å². The summed E-state index contributed by atoms with van der Waals surface area (Å²) >= 11 is 0. The molecule has 3 aromatic rings. The van der Waals surface area contributed by atoms with Gasteiger partial charge in [-0.05, 0) is 26.0 Å². The summed E-state index contributed by atoms with van der Waals surface area (Å²) in [4.78, 5) is 5.12. The van der Waals surface area contributed by atoms with E-state index in [4.69, 9.17) is 5.11 Å². The first-order valence-electron chi connectivity index (χ1n) is 10.6. The molecule has 0 bridgehead atoms. The minimum absolute atomic E-state index is 0.00992. The van der Waals surface area contributed by atoms with Crippen molar-refractivity contribution in [1.82, 2.24) is 15.2 Å². The number of aromatic nitrogens is 3. The lowest BCUT2D eigenvalue weighted by Gasteiger charge is -2.39. The third-order valence-corrected chi connectivity index (χ3v) is 5.81. The van der Waals surface area contributed by atoms with E-state index < -0.39 is 47.9 Å². The van der Waals surface area contributed by atoms with Gasteiger partial charge in [0.1, 0.15) is 12.4 Å². The van der Waals surface area contributed by atoms with Gasteiger partial charge in [-0.25, -0.2) is 9.37 Å². The quantitative estimate of drug-likeness (QED) is 0.441. The van der Waals surface area contributed by atoms with Gasteiger partial charge in [0.05, 0.1) is 34.6 Å². The molecule has 1 aliphatic heterocycles. The van der Waals surface area contributed by atoms with Crippen LogP contribution < -0.4 is 10.2 Å². The van der Waals surface area contributed by atoms with Crippen LogP contribution in [-0.2, 0) is 12.1 Å². The molecular formula is C22H21F6N5O2. The van der Waals surface area contributed by atoms with E-state index in [1.807, 2.05) is 0 Å². The van der Waals surface area contributed by atoms with Crippen molar-refractivity contribution < 1.29 is 36.6 Å².